The van der Waals surface area contributed by atoms with E-state index in [1.165, 1.54) is 6.07 Å². The van der Waals surface area contributed by atoms with E-state index >= 15 is 0 Å². The van der Waals surface area contributed by atoms with Gasteiger partial charge in [0.15, 0.2) is 0 Å². The van der Waals surface area contributed by atoms with Gasteiger partial charge in [0.05, 0.1) is 0 Å². The van der Waals surface area contributed by atoms with Crippen molar-refractivity contribution in [1.82, 2.24) is 0 Å². The van der Waals surface area contributed by atoms with E-state index < -0.39 is 9.61 Å². The average molecular weight is 228 g/mol. The van der Waals surface area contributed by atoms with Crippen LogP contribution in [0.1, 0.15) is 5.56 Å². The molecule has 0 saturated carbocycles. The maximum absolute atomic E-state index is 12.7. The van der Waals surface area contributed by atoms with Crippen molar-refractivity contribution in [2.45, 2.75) is 3.79 Å². The summed E-state index contributed by atoms with van der Waals surface area (Å²) in [6, 6.07) is 3.69. The second-order valence-corrected chi connectivity index (χ2v) is 4.55. The fourth-order valence-corrected chi connectivity index (χ4v) is 1.10. The van der Waals surface area contributed by atoms with Crippen LogP contribution in [0.25, 0.3) is 0 Å². The highest BCUT2D eigenvalue weighted by Gasteiger charge is 2.23. The minimum absolute atomic E-state index is 0.227. The molecule has 0 aliphatic rings. The maximum atomic E-state index is 12.7. The topological polar surface area (TPSA) is 26.0 Å². The smallest absolute Gasteiger partial charge is 0.216 e. The van der Waals surface area contributed by atoms with E-state index in [1.807, 2.05) is 0 Å². The number of anilines is 1. The highest BCUT2D eigenvalue weighted by molar-refractivity contribution is 6.66. The second kappa shape index (κ2) is 3.29. The molecule has 0 atom stereocenters. The second-order valence-electron chi connectivity index (χ2n) is 2.27. The molecule has 0 aromatic heterocycles. The van der Waals surface area contributed by atoms with Gasteiger partial charge in [0, 0.05) is 11.3 Å². The van der Waals surface area contributed by atoms with Gasteiger partial charge in [0.25, 0.3) is 0 Å². The third kappa shape index (κ3) is 2.41. The molecule has 0 heterocycles. The molecule has 1 rings (SSSR count). The number of nitrogen functional groups attached to an aromatic ring is 1. The van der Waals surface area contributed by atoms with Crippen molar-refractivity contribution in [3.8, 4) is 0 Å². The van der Waals surface area contributed by atoms with Gasteiger partial charge in [-0.05, 0) is 18.2 Å². The van der Waals surface area contributed by atoms with Crippen molar-refractivity contribution >= 4 is 40.5 Å². The lowest BCUT2D eigenvalue weighted by Crippen LogP contribution is -2.02. The molecule has 0 saturated heterocycles. The molecule has 12 heavy (non-hydrogen) atoms. The predicted octanol–water partition coefficient (Wildman–Crippen LogP) is 3.23. The fraction of sp³-hybridized carbons (Fsp3) is 0.143. The molecule has 1 nitrogen and oxygen atoms in total. The summed E-state index contributed by atoms with van der Waals surface area (Å²) in [5.41, 5.74) is 5.80. The predicted molar refractivity (Wildman–Crippen MR) is 50.0 cm³/mol. The van der Waals surface area contributed by atoms with E-state index in [1.54, 1.807) is 0 Å². The molecule has 1 aromatic carbocycles. The Morgan fingerprint density at radius 2 is 1.75 bits per heavy atom. The van der Waals surface area contributed by atoms with Gasteiger partial charge in [-0.2, -0.15) is 0 Å². The molecule has 0 spiro atoms. The highest BCUT2D eigenvalue weighted by atomic mass is 35.6. The van der Waals surface area contributed by atoms with Gasteiger partial charge in [-0.15, -0.1) is 0 Å². The average Bonchev–Trinajstić information content (AvgIpc) is 1.82. The maximum Gasteiger partial charge on any atom is 0.216 e. The quantitative estimate of drug-likeness (QED) is 0.535. The van der Waals surface area contributed by atoms with E-state index in [9.17, 15) is 4.39 Å². The normalized spacial score (nSPS) is 11.7. The fourth-order valence-electron chi connectivity index (χ4n) is 0.776. The van der Waals surface area contributed by atoms with Gasteiger partial charge >= 0.3 is 0 Å². The molecule has 0 unspecified atom stereocenters. The van der Waals surface area contributed by atoms with Gasteiger partial charge in [-0.1, -0.05) is 34.8 Å². The largest absolute Gasteiger partial charge is 0.399 e. The summed E-state index contributed by atoms with van der Waals surface area (Å²) in [5.74, 6) is -0.517. The summed E-state index contributed by atoms with van der Waals surface area (Å²) in [6.07, 6.45) is 0. The molecule has 1 aromatic rings. The Bertz CT molecular complexity index is 275. The van der Waals surface area contributed by atoms with E-state index in [4.69, 9.17) is 40.5 Å². The molecular formula is C7H5Cl3FN. The summed E-state index contributed by atoms with van der Waals surface area (Å²) >= 11 is 16.5. The Morgan fingerprint density at radius 3 is 2.17 bits per heavy atom. The van der Waals surface area contributed by atoms with Gasteiger partial charge in [0.2, 0.25) is 3.79 Å². The number of alkyl halides is 3. The Labute approximate surface area is 84.2 Å². The zero-order valence-corrected chi connectivity index (χ0v) is 8.09. The van der Waals surface area contributed by atoms with Crippen molar-refractivity contribution in [2.24, 2.45) is 0 Å². The zero-order valence-electron chi connectivity index (χ0n) is 5.82. The van der Waals surface area contributed by atoms with Gasteiger partial charge in [-0.25, -0.2) is 4.39 Å². The lowest BCUT2D eigenvalue weighted by Gasteiger charge is -2.11. The number of benzene rings is 1. The first-order chi connectivity index (χ1) is 5.39. The van der Waals surface area contributed by atoms with Crippen molar-refractivity contribution in [1.29, 1.82) is 0 Å². The monoisotopic (exact) mass is 227 g/mol. The van der Waals surface area contributed by atoms with Crippen LogP contribution in [0.5, 0.6) is 0 Å². The molecule has 0 fully saturated rings. The SMILES string of the molecule is Nc1cc(F)cc(C(Cl)(Cl)Cl)c1. The molecule has 0 amide bonds. The molecule has 0 aliphatic heterocycles. The summed E-state index contributed by atoms with van der Waals surface area (Å²) in [5, 5.41) is 0. The third-order valence-electron chi connectivity index (χ3n) is 1.25. The van der Waals surface area contributed by atoms with E-state index in [0.29, 0.717) is 0 Å². The molecule has 0 bridgehead atoms. The highest BCUT2D eigenvalue weighted by Crippen LogP contribution is 2.38. The first kappa shape index (κ1) is 9.90. The van der Waals surface area contributed by atoms with Crippen molar-refractivity contribution in [3.05, 3.63) is 29.6 Å². The molecule has 0 aliphatic carbocycles. The Hall–Kier alpha value is -0.180. The van der Waals surface area contributed by atoms with Crippen LogP contribution in [0, 0.1) is 5.82 Å². The molecule has 66 valence electrons. The van der Waals surface area contributed by atoms with Crippen LogP contribution >= 0.6 is 34.8 Å². The number of nitrogens with two attached hydrogens (primary N) is 1. The molecule has 0 radical (unpaired) electrons. The van der Waals surface area contributed by atoms with Crippen LogP contribution in [-0.4, -0.2) is 0 Å². The van der Waals surface area contributed by atoms with Crippen LogP contribution < -0.4 is 5.73 Å². The summed E-state index contributed by atoms with van der Waals surface area (Å²) < 4.78 is 11.1. The molecule has 2 N–H and O–H groups in total. The first-order valence-corrected chi connectivity index (χ1v) is 4.16. The van der Waals surface area contributed by atoms with Crippen molar-refractivity contribution < 1.29 is 4.39 Å². The number of halogens is 4. The van der Waals surface area contributed by atoms with Crippen LogP contribution in [0.15, 0.2) is 18.2 Å². The minimum atomic E-state index is -1.63. The number of hydrogen-bond donors (Lipinski definition) is 1. The number of hydrogen-bond acceptors (Lipinski definition) is 1. The Kier molecular flexibility index (Phi) is 2.71. The van der Waals surface area contributed by atoms with Crippen LogP contribution in [0.2, 0.25) is 0 Å². The first-order valence-electron chi connectivity index (χ1n) is 3.03. The summed E-state index contributed by atoms with van der Waals surface area (Å²) in [6.45, 7) is 0. The standard InChI is InChI=1S/C7H5Cl3FN/c8-7(9,10)4-1-5(11)3-6(12)2-4/h1-3H,12H2. The number of rotatable bonds is 0. The van der Waals surface area contributed by atoms with Crippen molar-refractivity contribution in [3.63, 3.8) is 0 Å². The van der Waals surface area contributed by atoms with Crippen LogP contribution in [0.3, 0.4) is 0 Å². The van der Waals surface area contributed by atoms with E-state index in [2.05, 4.69) is 0 Å². The Morgan fingerprint density at radius 1 is 1.17 bits per heavy atom. The lowest BCUT2D eigenvalue weighted by molar-refractivity contribution is 0.626. The summed E-state index contributed by atoms with van der Waals surface area (Å²) in [7, 11) is 0. The van der Waals surface area contributed by atoms with Gasteiger partial charge < -0.3 is 5.73 Å². The third-order valence-corrected chi connectivity index (χ3v) is 1.90. The van der Waals surface area contributed by atoms with E-state index in [0.717, 1.165) is 12.1 Å². The van der Waals surface area contributed by atoms with Crippen LogP contribution in [-0.2, 0) is 3.79 Å². The zero-order chi connectivity index (χ0) is 9.35. The van der Waals surface area contributed by atoms with Crippen LogP contribution in [0.4, 0.5) is 10.1 Å². The van der Waals surface area contributed by atoms with Gasteiger partial charge in [0.1, 0.15) is 5.82 Å². The minimum Gasteiger partial charge on any atom is -0.399 e. The van der Waals surface area contributed by atoms with E-state index in [-0.39, 0.29) is 11.3 Å². The molecule has 5 heteroatoms. The lowest BCUT2D eigenvalue weighted by atomic mass is 10.2. The molecular weight excluding hydrogens is 223 g/mol. The Balaban J connectivity index is 3.18. The van der Waals surface area contributed by atoms with Gasteiger partial charge in [-0.3, -0.25) is 0 Å². The summed E-state index contributed by atoms with van der Waals surface area (Å²) in [4.78, 5) is 0. The van der Waals surface area contributed by atoms with Crippen molar-refractivity contribution in [2.75, 3.05) is 5.73 Å².